The Morgan fingerprint density at radius 3 is 2.45 bits per heavy atom. The van der Waals surface area contributed by atoms with Gasteiger partial charge in [-0.2, -0.15) is 0 Å². The Morgan fingerprint density at radius 1 is 1.35 bits per heavy atom. The number of hydrogen-bond donors (Lipinski definition) is 2. The zero-order valence-electron chi connectivity index (χ0n) is 13.1. The average Bonchev–Trinajstić information content (AvgIpc) is 2.80. The van der Waals surface area contributed by atoms with Gasteiger partial charge in [0.15, 0.2) is 0 Å². The number of carbonyl (C=O) groups excluding carboxylic acids is 1. The number of carboxylic acid groups (broad SMARTS) is 1. The lowest BCUT2D eigenvalue weighted by Gasteiger charge is -2.36. The van der Waals surface area contributed by atoms with Crippen molar-refractivity contribution in [1.82, 2.24) is 10.2 Å². The normalized spacial score (nSPS) is 23.9. The molecule has 1 fully saturated rings. The predicted octanol–water partition coefficient (Wildman–Crippen LogP) is 2.85. The standard InChI is InChI=1S/C15H28N2O3/c1-5-8-15(13(18)19)9-7-10-17(15)14(20)16-12(6-2)11(3)4/h11-12H,5-10H2,1-4H3,(H,16,20)(H,18,19). The summed E-state index contributed by atoms with van der Waals surface area (Å²) in [6.45, 7) is 8.66. The topological polar surface area (TPSA) is 69.6 Å². The first kappa shape index (κ1) is 16.8. The Kier molecular flexibility index (Phi) is 5.84. The van der Waals surface area contributed by atoms with Crippen LogP contribution in [0.25, 0.3) is 0 Å². The summed E-state index contributed by atoms with van der Waals surface area (Å²) in [6, 6.07) is -0.130. The number of amides is 2. The Morgan fingerprint density at radius 2 is 2.00 bits per heavy atom. The van der Waals surface area contributed by atoms with Crippen molar-refractivity contribution in [3.63, 3.8) is 0 Å². The number of rotatable bonds is 6. The summed E-state index contributed by atoms with van der Waals surface area (Å²) in [6.07, 6.45) is 3.46. The maximum atomic E-state index is 12.5. The van der Waals surface area contributed by atoms with Crippen LogP contribution in [-0.4, -0.2) is 40.1 Å². The first-order chi connectivity index (χ1) is 9.39. The maximum absolute atomic E-state index is 12.5. The molecule has 0 aromatic rings. The highest BCUT2D eigenvalue weighted by atomic mass is 16.4. The summed E-state index contributed by atoms with van der Waals surface area (Å²) < 4.78 is 0. The number of hydrogen-bond acceptors (Lipinski definition) is 2. The van der Waals surface area contributed by atoms with Gasteiger partial charge in [-0.3, -0.25) is 0 Å². The van der Waals surface area contributed by atoms with Crippen molar-refractivity contribution >= 4 is 12.0 Å². The molecule has 2 unspecified atom stereocenters. The molecule has 1 heterocycles. The second kappa shape index (κ2) is 6.95. The summed E-state index contributed by atoms with van der Waals surface area (Å²) in [4.78, 5) is 25.7. The summed E-state index contributed by atoms with van der Waals surface area (Å²) in [7, 11) is 0. The number of carboxylic acids is 1. The van der Waals surface area contributed by atoms with Gasteiger partial charge in [-0.25, -0.2) is 9.59 Å². The summed E-state index contributed by atoms with van der Waals surface area (Å²) >= 11 is 0. The molecule has 20 heavy (non-hydrogen) atoms. The number of aliphatic carboxylic acids is 1. The van der Waals surface area contributed by atoms with E-state index in [0.717, 1.165) is 19.3 Å². The fourth-order valence-corrected chi connectivity index (χ4v) is 3.15. The van der Waals surface area contributed by atoms with E-state index in [0.29, 0.717) is 25.3 Å². The van der Waals surface area contributed by atoms with Crippen molar-refractivity contribution < 1.29 is 14.7 Å². The number of urea groups is 1. The first-order valence-corrected chi connectivity index (χ1v) is 7.70. The molecule has 0 bridgehead atoms. The molecule has 0 aliphatic carbocycles. The molecule has 0 aromatic heterocycles. The number of nitrogens with one attached hydrogen (secondary N) is 1. The third kappa shape index (κ3) is 3.25. The van der Waals surface area contributed by atoms with Crippen LogP contribution >= 0.6 is 0 Å². The van der Waals surface area contributed by atoms with Gasteiger partial charge >= 0.3 is 12.0 Å². The molecule has 0 radical (unpaired) electrons. The minimum Gasteiger partial charge on any atom is -0.479 e. The Hall–Kier alpha value is -1.26. The minimum atomic E-state index is -1.01. The molecule has 1 saturated heterocycles. The molecule has 5 nitrogen and oxygen atoms in total. The summed E-state index contributed by atoms with van der Waals surface area (Å²) in [5.74, 6) is -0.526. The number of carbonyl (C=O) groups is 2. The number of likely N-dealkylation sites (tertiary alicyclic amines) is 1. The van der Waals surface area contributed by atoms with Gasteiger partial charge in [0.25, 0.3) is 0 Å². The fourth-order valence-electron chi connectivity index (χ4n) is 3.15. The lowest BCUT2D eigenvalue weighted by atomic mass is 9.91. The lowest BCUT2D eigenvalue weighted by molar-refractivity contribution is -0.148. The molecule has 2 amide bonds. The third-order valence-corrected chi connectivity index (χ3v) is 4.35. The van der Waals surface area contributed by atoms with Gasteiger partial charge in [0.05, 0.1) is 0 Å². The van der Waals surface area contributed by atoms with Gasteiger partial charge in [-0.05, 0) is 31.6 Å². The van der Waals surface area contributed by atoms with E-state index in [1.54, 1.807) is 4.90 Å². The number of nitrogens with zero attached hydrogens (tertiary/aromatic N) is 1. The Labute approximate surface area is 121 Å². The van der Waals surface area contributed by atoms with Crippen LogP contribution in [0.5, 0.6) is 0 Å². The molecule has 0 saturated carbocycles. The highest BCUT2D eigenvalue weighted by molar-refractivity contribution is 5.87. The van der Waals surface area contributed by atoms with Crippen LogP contribution in [0.2, 0.25) is 0 Å². The molecule has 2 atom stereocenters. The van der Waals surface area contributed by atoms with Crippen molar-refractivity contribution in [3.8, 4) is 0 Å². The first-order valence-electron chi connectivity index (χ1n) is 7.70. The molecule has 1 rings (SSSR count). The van der Waals surface area contributed by atoms with Crippen LogP contribution in [-0.2, 0) is 4.79 Å². The molecule has 2 N–H and O–H groups in total. The molecular formula is C15H28N2O3. The van der Waals surface area contributed by atoms with Crippen molar-refractivity contribution in [2.75, 3.05) is 6.54 Å². The lowest BCUT2D eigenvalue weighted by Crippen LogP contribution is -2.57. The van der Waals surface area contributed by atoms with E-state index in [1.165, 1.54) is 0 Å². The van der Waals surface area contributed by atoms with E-state index in [-0.39, 0.29) is 12.1 Å². The zero-order valence-corrected chi connectivity index (χ0v) is 13.1. The van der Waals surface area contributed by atoms with Gasteiger partial charge in [0.2, 0.25) is 0 Å². The van der Waals surface area contributed by atoms with E-state index in [1.807, 2.05) is 13.8 Å². The van der Waals surface area contributed by atoms with Crippen LogP contribution < -0.4 is 5.32 Å². The molecule has 0 spiro atoms. The van der Waals surface area contributed by atoms with Gasteiger partial charge in [0, 0.05) is 12.6 Å². The zero-order chi connectivity index (χ0) is 15.3. The van der Waals surface area contributed by atoms with Gasteiger partial charge < -0.3 is 15.3 Å². The monoisotopic (exact) mass is 284 g/mol. The van der Waals surface area contributed by atoms with E-state index < -0.39 is 11.5 Å². The quantitative estimate of drug-likeness (QED) is 0.788. The molecule has 1 aliphatic rings. The summed E-state index contributed by atoms with van der Waals surface area (Å²) in [5.41, 5.74) is -1.01. The van der Waals surface area contributed by atoms with Crippen LogP contribution in [0.15, 0.2) is 0 Å². The van der Waals surface area contributed by atoms with Gasteiger partial charge in [-0.15, -0.1) is 0 Å². The molecular weight excluding hydrogens is 256 g/mol. The van der Waals surface area contributed by atoms with Crippen molar-refractivity contribution in [3.05, 3.63) is 0 Å². The van der Waals surface area contributed by atoms with E-state index in [4.69, 9.17) is 0 Å². The second-order valence-electron chi connectivity index (χ2n) is 6.05. The molecule has 116 valence electrons. The van der Waals surface area contributed by atoms with Gasteiger partial charge in [-0.1, -0.05) is 34.1 Å². The SMILES string of the molecule is CCCC1(C(=O)O)CCCN1C(=O)NC(CC)C(C)C. The second-order valence-corrected chi connectivity index (χ2v) is 6.05. The van der Waals surface area contributed by atoms with Crippen molar-refractivity contribution in [2.24, 2.45) is 5.92 Å². The predicted molar refractivity (Wildman–Crippen MR) is 78.7 cm³/mol. The summed E-state index contributed by atoms with van der Waals surface area (Å²) in [5, 5.41) is 12.6. The van der Waals surface area contributed by atoms with Crippen LogP contribution in [0, 0.1) is 5.92 Å². The van der Waals surface area contributed by atoms with Crippen LogP contribution in [0.1, 0.15) is 59.8 Å². The molecule has 0 aromatic carbocycles. The van der Waals surface area contributed by atoms with Crippen molar-refractivity contribution in [1.29, 1.82) is 0 Å². The maximum Gasteiger partial charge on any atom is 0.329 e. The average molecular weight is 284 g/mol. The highest BCUT2D eigenvalue weighted by Crippen LogP contribution is 2.34. The third-order valence-electron chi connectivity index (χ3n) is 4.35. The smallest absolute Gasteiger partial charge is 0.329 e. The molecule has 5 heteroatoms. The fraction of sp³-hybridized carbons (Fsp3) is 0.867. The highest BCUT2D eigenvalue weighted by Gasteiger charge is 2.49. The van der Waals surface area contributed by atoms with E-state index in [9.17, 15) is 14.7 Å². The van der Waals surface area contributed by atoms with Crippen LogP contribution in [0.4, 0.5) is 4.79 Å². The van der Waals surface area contributed by atoms with Crippen LogP contribution in [0.3, 0.4) is 0 Å². The van der Waals surface area contributed by atoms with E-state index in [2.05, 4.69) is 19.2 Å². The Balaban J connectivity index is 2.87. The Bertz CT molecular complexity index is 357. The minimum absolute atomic E-state index is 0.0937. The van der Waals surface area contributed by atoms with Crippen molar-refractivity contribution in [2.45, 2.75) is 71.4 Å². The van der Waals surface area contributed by atoms with E-state index >= 15 is 0 Å². The largest absolute Gasteiger partial charge is 0.479 e. The molecule has 1 aliphatic heterocycles. The van der Waals surface area contributed by atoms with Gasteiger partial charge in [0.1, 0.15) is 5.54 Å².